The first-order valence-corrected chi connectivity index (χ1v) is 10.5. The monoisotopic (exact) mass is 441 g/mol. The van der Waals surface area contributed by atoms with Gasteiger partial charge in [-0.3, -0.25) is 4.79 Å². The second kappa shape index (κ2) is 7.59. The fourth-order valence-corrected chi connectivity index (χ4v) is 4.38. The normalized spacial score (nSPS) is 11.8. The number of pyridine rings is 1. The van der Waals surface area contributed by atoms with Crippen LogP contribution in [0.1, 0.15) is 25.0 Å². The Hall–Kier alpha value is -3.03. The highest BCUT2D eigenvalue weighted by molar-refractivity contribution is 7.17. The van der Waals surface area contributed by atoms with Crippen LogP contribution in [0.2, 0.25) is 0 Å². The number of nitrogens with zero attached hydrogens (tertiary/aromatic N) is 1. The number of benzene rings is 2. The SMILES string of the molecule is Cc1cc(F)c(Oc2ccc(C(C)(C)O)cc2-c2cn(C)c(=O)c3sccc23)c(F)c1. The topological polar surface area (TPSA) is 51.5 Å². The molecule has 0 fully saturated rings. The average molecular weight is 441 g/mol. The van der Waals surface area contributed by atoms with Crippen molar-refractivity contribution in [1.29, 1.82) is 0 Å². The van der Waals surface area contributed by atoms with Gasteiger partial charge in [0.2, 0.25) is 0 Å². The van der Waals surface area contributed by atoms with Crippen LogP contribution in [0.5, 0.6) is 11.5 Å². The molecule has 0 saturated heterocycles. The van der Waals surface area contributed by atoms with Crippen molar-refractivity contribution in [3.05, 3.63) is 81.1 Å². The highest BCUT2D eigenvalue weighted by Crippen LogP contribution is 2.41. The van der Waals surface area contributed by atoms with E-state index in [1.54, 1.807) is 52.2 Å². The van der Waals surface area contributed by atoms with Crippen molar-refractivity contribution in [2.75, 3.05) is 0 Å². The van der Waals surface area contributed by atoms with E-state index in [0.717, 1.165) is 0 Å². The summed E-state index contributed by atoms with van der Waals surface area (Å²) < 4.78 is 36.7. The van der Waals surface area contributed by atoms with Crippen LogP contribution in [-0.2, 0) is 12.6 Å². The van der Waals surface area contributed by atoms with Crippen molar-refractivity contribution in [2.24, 2.45) is 7.05 Å². The summed E-state index contributed by atoms with van der Waals surface area (Å²) >= 11 is 1.32. The van der Waals surface area contributed by atoms with Gasteiger partial charge < -0.3 is 14.4 Å². The Kier molecular flexibility index (Phi) is 5.19. The van der Waals surface area contributed by atoms with E-state index >= 15 is 0 Å². The number of aliphatic hydroxyl groups is 1. The highest BCUT2D eigenvalue weighted by Gasteiger charge is 2.22. The molecule has 2 aromatic heterocycles. The van der Waals surface area contributed by atoms with Gasteiger partial charge >= 0.3 is 0 Å². The third kappa shape index (κ3) is 3.86. The zero-order valence-electron chi connectivity index (χ0n) is 17.5. The molecule has 1 N–H and O–H groups in total. The van der Waals surface area contributed by atoms with Gasteiger partial charge in [0.05, 0.1) is 5.60 Å². The Morgan fingerprint density at radius 1 is 1.06 bits per heavy atom. The van der Waals surface area contributed by atoms with Gasteiger partial charge in [-0.1, -0.05) is 6.07 Å². The maximum atomic E-state index is 14.5. The van der Waals surface area contributed by atoms with Gasteiger partial charge in [0.15, 0.2) is 17.4 Å². The summed E-state index contributed by atoms with van der Waals surface area (Å²) in [7, 11) is 1.64. The van der Waals surface area contributed by atoms with Crippen molar-refractivity contribution in [3.63, 3.8) is 0 Å². The van der Waals surface area contributed by atoms with Crippen LogP contribution >= 0.6 is 11.3 Å². The molecule has 2 heterocycles. The molecule has 0 amide bonds. The van der Waals surface area contributed by atoms with E-state index in [1.807, 2.05) is 11.4 Å². The molecule has 4 rings (SSSR count). The molecule has 4 aromatic rings. The lowest BCUT2D eigenvalue weighted by molar-refractivity contribution is 0.0786. The highest BCUT2D eigenvalue weighted by atomic mass is 32.1. The number of aromatic nitrogens is 1. The Morgan fingerprint density at radius 3 is 2.39 bits per heavy atom. The summed E-state index contributed by atoms with van der Waals surface area (Å²) in [4.78, 5) is 12.5. The maximum Gasteiger partial charge on any atom is 0.268 e. The smallest absolute Gasteiger partial charge is 0.268 e. The molecule has 0 atom stereocenters. The number of aryl methyl sites for hydroxylation is 2. The van der Waals surface area contributed by atoms with Crippen LogP contribution in [-0.4, -0.2) is 9.67 Å². The molecule has 0 unspecified atom stereocenters. The lowest BCUT2D eigenvalue weighted by Crippen LogP contribution is -2.16. The molecule has 0 bridgehead atoms. The molecular formula is C24H21F2NO3S. The molecule has 160 valence electrons. The second-order valence-electron chi connectivity index (χ2n) is 8.05. The molecule has 0 saturated carbocycles. The van der Waals surface area contributed by atoms with Crippen LogP contribution < -0.4 is 10.3 Å². The third-order valence-electron chi connectivity index (χ3n) is 5.12. The van der Waals surface area contributed by atoms with Gasteiger partial charge in [0.1, 0.15) is 10.4 Å². The van der Waals surface area contributed by atoms with Gasteiger partial charge in [-0.05, 0) is 67.6 Å². The maximum absolute atomic E-state index is 14.5. The minimum atomic E-state index is -1.15. The van der Waals surface area contributed by atoms with E-state index in [-0.39, 0.29) is 11.3 Å². The molecule has 31 heavy (non-hydrogen) atoms. The molecule has 2 aromatic carbocycles. The number of rotatable bonds is 4. The minimum Gasteiger partial charge on any atom is -0.451 e. The van der Waals surface area contributed by atoms with Crippen LogP contribution in [0.3, 0.4) is 0 Å². The minimum absolute atomic E-state index is 0.134. The number of hydrogen-bond acceptors (Lipinski definition) is 4. The zero-order valence-corrected chi connectivity index (χ0v) is 18.3. The molecule has 4 nitrogen and oxygen atoms in total. The largest absolute Gasteiger partial charge is 0.451 e. The van der Waals surface area contributed by atoms with Crippen molar-refractivity contribution < 1.29 is 18.6 Å². The molecule has 7 heteroatoms. The first-order chi connectivity index (χ1) is 14.6. The second-order valence-corrected chi connectivity index (χ2v) is 8.97. The average Bonchev–Trinajstić information content (AvgIpc) is 3.17. The lowest BCUT2D eigenvalue weighted by atomic mass is 9.93. The van der Waals surface area contributed by atoms with Gasteiger partial charge in [-0.2, -0.15) is 0 Å². The first kappa shape index (κ1) is 21.2. The van der Waals surface area contributed by atoms with Crippen LogP contribution in [0.4, 0.5) is 8.78 Å². The van der Waals surface area contributed by atoms with Crippen LogP contribution in [0, 0.1) is 18.6 Å². The molecule has 0 aliphatic heterocycles. The van der Waals surface area contributed by atoms with Crippen molar-refractivity contribution in [2.45, 2.75) is 26.4 Å². The van der Waals surface area contributed by atoms with Gasteiger partial charge in [-0.25, -0.2) is 8.78 Å². The lowest BCUT2D eigenvalue weighted by Gasteiger charge is -2.21. The molecular weight excluding hydrogens is 420 g/mol. The number of thiophene rings is 1. The zero-order chi connectivity index (χ0) is 22.5. The summed E-state index contributed by atoms with van der Waals surface area (Å²) in [5.41, 5.74) is 0.924. The van der Waals surface area contributed by atoms with E-state index in [0.29, 0.717) is 32.3 Å². The standard InChI is InChI=1S/C24H21F2NO3S/c1-13-9-18(25)21(19(26)10-13)30-20-6-5-14(24(2,3)29)11-16(20)17-12-27(4)23(28)22-15(17)7-8-31-22/h5-12,29H,1-4H3. The third-order valence-corrected chi connectivity index (χ3v) is 6.03. The summed E-state index contributed by atoms with van der Waals surface area (Å²) in [5.74, 6) is -1.91. The fourth-order valence-electron chi connectivity index (χ4n) is 3.49. The Balaban J connectivity index is 1.98. The van der Waals surface area contributed by atoms with Gasteiger partial charge in [0, 0.05) is 29.8 Å². The molecule has 0 radical (unpaired) electrons. The van der Waals surface area contributed by atoms with Crippen LogP contribution in [0.25, 0.3) is 21.2 Å². The molecule has 0 aliphatic rings. The fraction of sp³-hybridized carbons (Fsp3) is 0.208. The predicted octanol–water partition coefficient (Wildman–Crippen LogP) is 5.87. The van der Waals surface area contributed by atoms with Crippen molar-refractivity contribution in [1.82, 2.24) is 4.57 Å². The van der Waals surface area contributed by atoms with E-state index in [4.69, 9.17) is 4.74 Å². The van der Waals surface area contributed by atoms with Crippen molar-refractivity contribution >= 4 is 21.4 Å². The number of ether oxygens (including phenoxy) is 1. The number of halogens is 2. The first-order valence-electron chi connectivity index (χ1n) is 9.64. The Morgan fingerprint density at radius 2 is 1.74 bits per heavy atom. The van der Waals surface area contributed by atoms with E-state index < -0.39 is 23.0 Å². The van der Waals surface area contributed by atoms with Crippen molar-refractivity contribution in [3.8, 4) is 22.6 Å². The van der Waals surface area contributed by atoms with E-state index in [2.05, 4.69) is 0 Å². The molecule has 0 spiro atoms. The van der Waals surface area contributed by atoms with Crippen LogP contribution in [0.15, 0.2) is 52.8 Å². The van der Waals surface area contributed by atoms with Gasteiger partial charge in [-0.15, -0.1) is 11.3 Å². The predicted molar refractivity (Wildman–Crippen MR) is 119 cm³/mol. The van der Waals surface area contributed by atoms with E-state index in [1.165, 1.54) is 28.0 Å². The Bertz CT molecular complexity index is 1340. The quantitative estimate of drug-likeness (QED) is 0.431. The molecule has 0 aliphatic carbocycles. The summed E-state index contributed by atoms with van der Waals surface area (Å²) in [5, 5.41) is 13.0. The van der Waals surface area contributed by atoms with Gasteiger partial charge in [0.25, 0.3) is 5.56 Å². The summed E-state index contributed by atoms with van der Waals surface area (Å²) in [6.07, 6.45) is 1.66. The summed E-state index contributed by atoms with van der Waals surface area (Å²) in [6.45, 7) is 4.89. The van der Waals surface area contributed by atoms with E-state index in [9.17, 15) is 18.7 Å². The number of hydrogen-bond donors (Lipinski definition) is 1. The summed E-state index contributed by atoms with van der Waals surface area (Å²) in [6, 6.07) is 9.17. The number of fused-ring (bicyclic) bond motifs is 1. The Labute approximate surface area is 182 Å².